The summed E-state index contributed by atoms with van der Waals surface area (Å²) in [6.07, 6.45) is 1.55. The summed E-state index contributed by atoms with van der Waals surface area (Å²) in [4.78, 5) is 23.8. The van der Waals surface area contributed by atoms with E-state index in [-0.39, 0.29) is 24.5 Å². The van der Waals surface area contributed by atoms with E-state index < -0.39 is 27.3 Å². The second-order valence-electron chi connectivity index (χ2n) is 5.15. The van der Waals surface area contributed by atoms with Crippen LogP contribution in [0.3, 0.4) is 0 Å². The molecular weight excluding hydrogens is 284 g/mol. The number of rotatable bonds is 8. The summed E-state index contributed by atoms with van der Waals surface area (Å²) in [7, 11) is -3.38. The number of carbonyl (C=O) groups excluding carboxylic acids is 1. The molecular formula is C12H22N2O5S. The number of hydrogen-bond acceptors (Lipinski definition) is 5. The summed E-state index contributed by atoms with van der Waals surface area (Å²) in [6, 6.07) is 0. The summed E-state index contributed by atoms with van der Waals surface area (Å²) >= 11 is 0. The largest absolute Gasteiger partial charge is 0.480 e. The van der Waals surface area contributed by atoms with Crippen LogP contribution < -0.4 is 5.73 Å². The number of sulfone groups is 1. The maximum atomic E-state index is 11.8. The Morgan fingerprint density at radius 3 is 2.50 bits per heavy atom. The molecule has 0 aliphatic carbocycles. The summed E-state index contributed by atoms with van der Waals surface area (Å²) in [5.41, 5.74) is 3.99. The molecule has 0 aromatic rings. The van der Waals surface area contributed by atoms with Gasteiger partial charge >= 0.3 is 5.97 Å². The van der Waals surface area contributed by atoms with Crippen LogP contribution >= 0.6 is 0 Å². The van der Waals surface area contributed by atoms with E-state index in [1.807, 2.05) is 0 Å². The van der Waals surface area contributed by atoms with Crippen LogP contribution in [0.4, 0.5) is 0 Å². The highest BCUT2D eigenvalue weighted by Crippen LogP contribution is 2.32. The van der Waals surface area contributed by atoms with Crippen LogP contribution in [0, 0.1) is 0 Å². The van der Waals surface area contributed by atoms with Crippen molar-refractivity contribution in [3.05, 3.63) is 0 Å². The van der Waals surface area contributed by atoms with Gasteiger partial charge in [-0.1, -0.05) is 6.92 Å². The van der Waals surface area contributed by atoms with Gasteiger partial charge in [-0.25, -0.2) is 8.42 Å². The second kappa shape index (κ2) is 6.53. The molecule has 0 aromatic carbocycles. The molecule has 0 spiro atoms. The fourth-order valence-electron chi connectivity index (χ4n) is 2.66. The molecule has 0 bridgehead atoms. The minimum Gasteiger partial charge on any atom is -0.480 e. The van der Waals surface area contributed by atoms with Gasteiger partial charge in [-0.3, -0.25) is 14.5 Å². The molecule has 20 heavy (non-hydrogen) atoms. The Bertz CT molecular complexity index is 476. The highest BCUT2D eigenvalue weighted by molar-refractivity contribution is 7.91. The molecule has 7 nitrogen and oxygen atoms in total. The minimum atomic E-state index is -3.38. The third-order valence-electron chi connectivity index (χ3n) is 3.94. The number of nitrogens with zero attached hydrogens (tertiary/aromatic N) is 1. The summed E-state index contributed by atoms with van der Waals surface area (Å²) < 4.78 is 23.6. The predicted molar refractivity (Wildman–Crippen MR) is 73.9 cm³/mol. The molecule has 8 heteroatoms. The maximum Gasteiger partial charge on any atom is 0.324 e. The van der Waals surface area contributed by atoms with Crippen molar-refractivity contribution in [3.63, 3.8) is 0 Å². The molecule has 1 unspecified atom stereocenters. The zero-order chi connectivity index (χ0) is 15.4. The molecule has 1 atom stereocenters. The lowest BCUT2D eigenvalue weighted by Crippen LogP contribution is -2.51. The van der Waals surface area contributed by atoms with E-state index in [0.29, 0.717) is 19.4 Å². The van der Waals surface area contributed by atoms with Crippen LogP contribution in [0.5, 0.6) is 0 Å². The van der Waals surface area contributed by atoms with Crippen molar-refractivity contribution in [1.82, 2.24) is 4.90 Å². The van der Waals surface area contributed by atoms with E-state index in [0.717, 1.165) is 6.42 Å². The summed E-state index contributed by atoms with van der Waals surface area (Å²) in [5.74, 6) is -1.97. The van der Waals surface area contributed by atoms with Crippen LogP contribution in [0.1, 0.15) is 32.6 Å². The van der Waals surface area contributed by atoms with Crippen LogP contribution in [-0.4, -0.2) is 60.4 Å². The standard InChI is InChI=1S/C12H22N2O5S/c1-2-12(11(16)17)5-3-6-14(12)7-9-20(18,19)8-4-10(13)15/h2-9H2,1H3,(H2,13,15)(H,16,17). The van der Waals surface area contributed by atoms with Gasteiger partial charge in [0.1, 0.15) is 5.54 Å². The average Bonchev–Trinajstić information content (AvgIpc) is 2.78. The van der Waals surface area contributed by atoms with Crippen LogP contribution in [0.15, 0.2) is 0 Å². The van der Waals surface area contributed by atoms with Gasteiger partial charge in [0, 0.05) is 13.0 Å². The number of amides is 1. The monoisotopic (exact) mass is 306 g/mol. The second-order valence-corrected chi connectivity index (χ2v) is 7.45. The fraction of sp³-hybridized carbons (Fsp3) is 0.833. The van der Waals surface area contributed by atoms with Gasteiger partial charge in [0.15, 0.2) is 9.84 Å². The van der Waals surface area contributed by atoms with Crippen molar-refractivity contribution in [1.29, 1.82) is 0 Å². The molecule has 0 aromatic heterocycles. The van der Waals surface area contributed by atoms with Crippen molar-refractivity contribution in [2.75, 3.05) is 24.6 Å². The van der Waals surface area contributed by atoms with Crippen molar-refractivity contribution in [3.8, 4) is 0 Å². The molecule has 1 aliphatic rings. The Hall–Kier alpha value is -1.15. The first-order chi connectivity index (χ1) is 9.23. The van der Waals surface area contributed by atoms with E-state index in [1.54, 1.807) is 11.8 Å². The third-order valence-corrected chi connectivity index (χ3v) is 5.57. The zero-order valence-corrected chi connectivity index (χ0v) is 12.5. The van der Waals surface area contributed by atoms with E-state index in [2.05, 4.69) is 0 Å². The lowest BCUT2D eigenvalue weighted by atomic mass is 9.93. The molecule has 1 saturated heterocycles. The van der Waals surface area contributed by atoms with Crippen molar-refractivity contribution in [2.45, 2.75) is 38.1 Å². The fourth-order valence-corrected chi connectivity index (χ4v) is 3.88. The molecule has 1 heterocycles. The number of aliphatic carboxylic acids is 1. The Labute approximate surface area is 119 Å². The highest BCUT2D eigenvalue weighted by Gasteiger charge is 2.46. The first-order valence-electron chi connectivity index (χ1n) is 6.71. The van der Waals surface area contributed by atoms with Gasteiger partial charge in [0.25, 0.3) is 0 Å². The zero-order valence-electron chi connectivity index (χ0n) is 11.7. The van der Waals surface area contributed by atoms with E-state index in [4.69, 9.17) is 5.73 Å². The average molecular weight is 306 g/mol. The van der Waals surface area contributed by atoms with Crippen LogP contribution in [0.25, 0.3) is 0 Å². The van der Waals surface area contributed by atoms with Gasteiger partial charge in [-0.05, 0) is 25.8 Å². The summed E-state index contributed by atoms with van der Waals surface area (Å²) in [6.45, 7) is 2.57. The molecule has 0 saturated carbocycles. The van der Waals surface area contributed by atoms with Gasteiger partial charge in [-0.2, -0.15) is 0 Å². The van der Waals surface area contributed by atoms with E-state index >= 15 is 0 Å². The highest BCUT2D eigenvalue weighted by atomic mass is 32.2. The Kier molecular flexibility index (Phi) is 5.52. The molecule has 0 radical (unpaired) electrons. The van der Waals surface area contributed by atoms with Crippen molar-refractivity contribution < 1.29 is 23.1 Å². The number of nitrogens with two attached hydrogens (primary N) is 1. The molecule has 116 valence electrons. The number of carboxylic acids is 1. The Morgan fingerprint density at radius 2 is 2.00 bits per heavy atom. The van der Waals surface area contributed by atoms with Gasteiger partial charge in [-0.15, -0.1) is 0 Å². The van der Waals surface area contributed by atoms with Crippen LogP contribution in [0.2, 0.25) is 0 Å². The SMILES string of the molecule is CCC1(C(=O)O)CCCN1CCS(=O)(=O)CCC(N)=O. The van der Waals surface area contributed by atoms with Gasteiger partial charge in [0.05, 0.1) is 11.5 Å². The van der Waals surface area contributed by atoms with E-state index in [9.17, 15) is 23.1 Å². The molecule has 3 N–H and O–H groups in total. The summed E-state index contributed by atoms with van der Waals surface area (Å²) in [5, 5.41) is 9.39. The van der Waals surface area contributed by atoms with Gasteiger partial charge < -0.3 is 10.8 Å². The van der Waals surface area contributed by atoms with Crippen molar-refractivity contribution in [2.24, 2.45) is 5.73 Å². The molecule has 1 rings (SSSR count). The third kappa shape index (κ3) is 3.92. The smallest absolute Gasteiger partial charge is 0.324 e. The predicted octanol–water partition coefficient (Wildman–Crippen LogP) is -0.394. The van der Waals surface area contributed by atoms with Crippen LogP contribution in [-0.2, 0) is 19.4 Å². The molecule has 1 fully saturated rings. The van der Waals surface area contributed by atoms with E-state index in [1.165, 1.54) is 0 Å². The maximum absolute atomic E-state index is 11.8. The number of primary amides is 1. The first-order valence-corrected chi connectivity index (χ1v) is 8.53. The molecule has 1 aliphatic heterocycles. The topological polar surface area (TPSA) is 118 Å². The first kappa shape index (κ1) is 16.9. The minimum absolute atomic E-state index is 0.144. The quantitative estimate of drug-likeness (QED) is 0.630. The number of carbonyl (C=O) groups is 2. The number of carboxylic acid groups (broad SMARTS) is 1. The van der Waals surface area contributed by atoms with Gasteiger partial charge in [0.2, 0.25) is 5.91 Å². The Morgan fingerprint density at radius 1 is 1.35 bits per heavy atom. The molecule has 1 amide bonds. The number of hydrogen-bond donors (Lipinski definition) is 2. The normalized spacial score (nSPS) is 23.9. The number of likely N-dealkylation sites (tertiary alicyclic amines) is 1. The lowest BCUT2D eigenvalue weighted by Gasteiger charge is -2.33. The Balaban J connectivity index is 2.64. The van der Waals surface area contributed by atoms with Crippen molar-refractivity contribution >= 4 is 21.7 Å². The lowest BCUT2D eigenvalue weighted by molar-refractivity contribution is -0.149.